The van der Waals surface area contributed by atoms with Crippen molar-refractivity contribution in [2.24, 2.45) is 0 Å². The van der Waals surface area contributed by atoms with Crippen LogP contribution in [0.5, 0.6) is 5.75 Å². The first-order valence-corrected chi connectivity index (χ1v) is 7.70. The average Bonchev–Trinajstić information content (AvgIpc) is 2.53. The monoisotopic (exact) mass is 297 g/mol. The normalized spacial score (nSPS) is 10.5. The molecule has 3 heteroatoms. The van der Waals surface area contributed by atoms with Crippen LogP contribution in [0, 0.1) is 0 Å². The summed E-state index contributed by atoms with van der Waals surface area (Å²) in [5.74, 6) is 1.02. The van der Waals surface area contributed by atoms with E-state index in [2.05, 4.69) is 32.2 Å². The Hall–Kier alpha value is -2.29. The van der Waals surface area contributed by atoms with Gasteiger partial charge in [-0.3, -0.25) is 4.79 Å². The van der Waals surface area contributed by atoms with Gasteiger partial charge >= 0.3 is 0 Å². The van der Waals surface area contributed by atoms with Crippen molar-refractivity contribution in [1.29, 1.82) is 0 Å². The molecule has 0 saturated carbocycles. The van der Waals surface area contributed by atoms with Gasteiger partial charge in [-0.15, -0.1) is 0 Å². The summed E-state index contributed by atoms with van der Waals surface area (Å²) in [5.41, 5.74) is 3.18. The van der Waals surface area contributed by atoms with E-state index in [1.807, 2.05) is 42.5 Å². The molecule has 0 unspecified atom stereocenters. The zero-order valence-corrected chi connectivity index (χ0v) is 13.4. The lowest BCUT2D eigenvalue weighted by atomic mass is 10.0. The molecule has 2 rings (SSSR count). The highest BCUT2D eigenvalue weighted by atomic mass is 16.5. The van der Waals surface area contributed by atoms with E-state index in [1.54, 1.807) is 0 Å². The van der Waals surface area contributed by atoms with Crippen LogP contribution in [0.2, 0.25) is 0 Å². The Kier molecular flexibility index (Phi) is 5.59. The minimum atomic E-state index is -0.143. The van der Waals surface area contributed by atoms with Crippen LogP contribution in [0.1, 0.15) is 37.8 Å². The van der Waals surface area contributed by atoms with Gasteiger partial charge in [-0.1, -0.05) is 51.1 Å². The zero-order chi connectivity index (χ0) is 15.9. The SMILES string of the molecule is CCc1ccccc1NC(=O)COc1cccc(C(C)C)c1. The number of aryl methyl sites for hydroxylation is 1. The first-order chi connectivity index (χ1) is 10.6. The van der Waals surface area contributed by atoms with Crippen molar-refractivity contribution < 1.29 is 9.53 Å². The largest absolute Gasteiger partial charge is 0.484 e. The molecule has 0 aliphatic rings. The second-order valence-corrected chi connectivity index (χ2v) is 5.57. The third kappa shape index (κ3) is 4.35. The molecule has 3 nitrogen and oxygen atoms in total. The van der Waals surface area contributed by atoms with Gasteiger partial charge < -0.3 is 10.1 Å². The summed E-state index contributed by atoms with van der Waals surface area (Å²) in [6.45, 7) is 6.35. The molecule has 0 bridgehead atoms. The van der Waals surface area contributed by atoms with Crippen molar-refractivity contribution in [3.05, 3.63) is 59.7 Å². The van der Waals surface area contributed by atoms with Crippen molar-refractivity contribution >= 4 is 11.6 Å². The van der Waals surface area contributed by atoms with Gasteiger partial charge in [0, 0.05) is 5.69 Å². The van der Waals surface area contributed by atoms with Gasteiger partial charge in [-0.2, -0.15) is 0 Å². The molecule has 1 N–H and O–H groups in total. The van der Waals surface area contributed by atoms with Gasteiger partial charge in [0.25, 0.3) is 5.91 Å². The molecule has 0 saturated heterocycles. The maximum absolute atomic E-state index is 12.0. The summed E-state index contributed by atoms with van der Waals surface area (Å²) in [5, 5.41) is 2.91. The smallest absolute Gasteiger partial charge is 0.262 e. The van der Waals surface area contributed by atoms with Gasteiger partial charge in [0.05, 0.1) is 0 Å². The molecular formula is C19H23NO2. The number of hydrogen-bond acceptors (Lipinski definition) is 2. The molecule has 0 atom stereocenters. The van der Waals surface area contributed by atoms with Crippen molar-refractivity contribution in [1.82, 2.24) is 0 Å². The second-order valence-electron chi connectivity index (χ2n) is 5.57. The van der Waals surface area contributed by atoms with Crippen molar-refractivity contribution in [3.63, 3.8) is 0 Å². The molecule has 0 radical (unpaired) electrons. The summed E-state index contributed by atoms with van der Waals surface area (Å²) in [7, 11) is 0. The Morgan fingerprint density at radius 1 is 1.14 bits per heavy atom. The van der Waals surface area contributed by atoms with E-state index in [0.717, 1.165) is 23.4 Å². The third-order valence-corrected chi connectivity index (χ3v) is 3.57. The lowest BCUT2D eigenvalue weighted by Gasteiger charge is -2.12. The summed E-state index contributed by atoms with van der Waals surface area (Å²) >= 11 is 0. The van der Waals surface area contributed by atoms with Gasteiger partial charge in [-0.05, 0) is 41.7 Å². The van der Waals surface area contributed by atoms with Crippen LogP contribution < -0.4 is 10.1 Å². The Labute approximate surface area is 132 Å². The highest BCUT2D eigenvalue weighted by Gasteiger charge is 2.07. The molecule has 2 aromatic rings. The first kappa shape index (κ1) is 16.1. The number of carbonyl (C=O) groups excluding carboxylic acids is 1. The molecule has 2 aromatic carbocycles. The fourth-order valence-corrected chi connectivity index (χ4v) is 2.25. The molecule has 116 valence electrons. The number of rotatable bonds is 6. The summed E-state index contributed by atoms with van der Waals surface area (Å²) < 4.78 is 5.59. The minimum Gasteiger partial charge on any atom is -0.484 e. The summed E-state index contributed by atoms with van der Waals surface area (Å²) in [6, 6.07) is 15.7. The van der Waals surface area contributed by atoms with E-state index in [0.29, 0.717) is 5.92 Å². The number of hydrogen-bond donors (Lipinski definition) is 1. The molecule has 0 spiro atoms. The minimum absolute atomic E-state index is 0.0135. The molecule has 0 heterocycles. The number of nitrogens with one attached hydrogen (secondary N) is 1. The Balaban J connectivity index is 1.94. The standard InChI is InChI=1S/C19H23NO2/c1-4-15-8-5-6-11-18(15)20-19(21)13-22-17-10-7-9-16(12-17)14(2)3/h5-12,14H,4,13H2,1-3H3,(H,20,21). The quantitative estimate of drug-likeness (QED) is 0.858. The molecule has 0 aliphatic carbocycles. The van der Waals surface area contributed by atoms with Crippen molar-refractivity contribution in [3.8, 4) is 5.75 Å². The van der Waals surface area contributed by atoms with Gasteiger partial charge in [0.1, 0.15) is 5.75 Å². The predicted octanol–water partition coefficient (Wildman–Crippen LogP) is 4.39. The number of anilines is 1. The summed E-state index contributed by atoms with van der Waals surface area (Å²) in [4.78, 5) is 12.0. The Bertz CT molecular complexity index is 635. The average molecular weight is 297 g/mol. The third-order valence-electron chi connectivity index (χ3n) is 3.57. The lowest BCUT2D eigenvalue weighted by molar-refractivity contribution is -0.118. The molecule has 22 heavy (non-hydrogen) atoms. The first-order valence-electron chi connectivity index (χ1n) is 7.70. The number of carbonyl (C=O) groups is 1. The lowest BCUT2D eigenvalue weighted by Crippen LogP contribution is -2.20. The fourth-order valence-electron chi connectivity index (χ4n) is 2.25. The van der Waals surface area contributed by atoms with Crippen LogP contribution in [0.25, 0.3) is 0 Å². The number of ether oxygens (including phenoxy) is 1. The second kappa shape index (κ2) is 7.64. The topological polar surface area (TPSA) is 38.3 Å². The van der Waals surface area contributed by atoms with Crippen LogP contribution in [0.3, 0.4) is 0 Å². The molecule has 1 amide bonds. The van der Waals surface area contributed by atoms with Crippen molar-refractivity contribution in [2.75, 3.05) is 11.9 Å². The van der Waals surface area contributed by atoms with E-state index in [1.165, 1.54) is 5.56 Å². The molecule has 0 aromatic heterocycles. The van der Waals surface area contributed by atoms with E-state index < -0.39 is 0 Å². The highest BCUT2D eigenvalue weighted by Crippen LogP contribution is 2.20. The van der Waals surface area contributed by atoms with Crippen LogP contribution in [-0.4, -0.2) is 12.5 Å². The fraction of sp³-hybridized carbons (Fsp3) is 0.316. The van der Waals surface area contributed by atoms with E-state index >= 15 is 0 Å². The Morgan fingerprint density at radius 2 is 1.91 bits per heavy atom. The number of amides is 1. The molecule has 0 fully saturated rings. The zero-order valence-electron chi connectivity index (χ0n) is 13.4. The van der Waals surface area contributed by atoms with E-state index in [9.17, 15) is 4.79 Å². The Morgan fingerprint density at radius 3 is 2.64 bits per heavy atom. The summed E-state index contributed by atoms with van der Waals surface area (Å²) in [6.07, 6.45) is 0.883. The maximum atomic E-state index is 12.0. The maximum Gasteiger partial charge on any atom is 0.262 e. The van der Waals surface area contributed by atoms with Crippen LogP contribution in [-0.2, 0) is 11.2 Å². The van der Waals surface area contributed by atoms with Gasteiger partial charge in [0.2, 0.25) is 0 Å². The van der Waals surface area contributed by atoms with Crippen LogP contribution >= 0.6 is 0 Å². The number of benzene rings is 2. The van der Waals surface area contributed by atoms with Crippen LogP contribution in [0.4, 0.5) is 5.69 Å². The van der Waals surface area contributed by atoms with Gasteiger partial charge in [0.15, 0.2) is 6.61 Å². The van der Waals surface area contributed by atoms with Crippen LogP contribution in [0.15, 0.2) is 48.5 Å². The number of para-hydroxylation sites is 1. The predicted molar refractivity (Wildman–Crippen MR) is 90.5 cm³/mol. The molecular weight excluding hydrogens is 274 g/mol. The van der Waals surface area contributed by atoms with E-state index in [4.69, 9.17) is 4.74 Å². The van der Waals surface area contributed by atoms with Gasteiger partial charge in [-0.25, -0.2) is 0 Å². The molecule has 0 aliphatic heterocycles. The highest BCUT2D eigenvalue weighted by molar-refractivity contribution is 5.92. The van der Waals surface area contributed by atoms with E-state index in [-0.39, 0.29) is 12.5 Å². The van der Waals surface area contributed by atoms with Crippen molar-refractivity contribution in [2.45, 2.75) is 33.1 Å².